The van der Waals surface area contributed by atoms with Crippen molar-refractivity contribution in [3.05, 3.63) is 89.5 Å². The molecule has 2 aliphatic heterocycles. The standard InChI is InChI=1S/C25H23FN9O/c1-32-14-20(13-30-32)18-10-22-24(29-16-31-35(22)15-18)33-6-8-34(9-7-33)25-27-11-19(12-28-25)23(36)17-2-4-21(26)5-3-17/h2-5,10-16,18H,6-9H2,1H3/q+1/i6D2,7D2,8D2,9D2. The number of rotatable bonds is 5. The van der Waals surface area contributed by atoms with Gasteiger partial charge in [-0.15, -0.1) is 0 Å². The molecular weight excluding hydrogens is 461 g/mol. The van der Waals surface area contributed by atoms with Crippen LogP contribution in [0.1, 0.15) is 38.4 Å². The molecule has 11 heteroatoms. The topological polar surface area (TPSA) is 98.8 Å². The van der Waals surface area contributed by atoms with E-state index in [0.29, 0.717) is 4.90 Å². The van der Waals surface area contributed by atoms with Crippen molar-refractivity contribution in [2.75, 3.05) is 35.8 Å². The highest BCUT2D eigenvalue weighted by Crippen LogP contribution is 2.19. The second-order valence-corrected chi connectivity index (χ2v) is 7.93. The summed E-state index contributed by atoms with van der Waals surface area (Å²) in [5.41, 5.74) is 0.781. The van der Waals surface area contributed by atoms with Crippen LogP contribution in [0.5, 0.6) is 0 Å². The average molecular weight is 493 g/mol. The van der Waals surface area contributed by atoms with Crippen molar-refractivity contribution in [1.82, 2.24) is 29.8 Å². The average Bonchev–Trinajstić information content (AvgIpc) is 3.59. The van der Waals surface area contributed by atoms with Crippen molar-refractivity contribution in [2.24, 2.45) is 7.05 Å². The molecule has 0 saturated carbocycles. The number of aromatic nitrogens is 7. The van der Waals surface area contributed by atoms with Gasteiger partial charge in [0.25, 0.3) is 5.35 Å². The Balaban J connectivity index is 1.42. The summed E-state index contributed by atoms with van der Waals surface area (Å²) in [6.45, 7) is -13.2. The molecule has 180 valence electrons. The number of hydrogen-bond acceptors (Lipinski definition) is 8. The lowest BCUT2D eigenvalue weighted by molar-refractivity contribution is -0.589. The van der Waals surface area contributed by atoms with Gasteiger partial charge in [0.05, 0.1) is 28.6 Å². The highest BCUT2D eigenvalue weighted by atomic mass is 19.1. The molecule has 1 atom stereocenters. The molecule has 2 aliphatic rings. The van der Waals surface area contributed by atoms with Gasteiger partial charge in [-0.25, -0.2) is 19.3 Å². The van der Waals surface area contributed by atoms with Crippen LogP contribution in [0.3, 0.4) is 0 Å². The van der Waals surface area contributed by atoms with Crippen LogP contribution in [0, 0.1) is 12.0 Å². The van der Waals surface area contributed by atoms with Crippen molar-refractivity contribution in [3.8, 4) is 0 Å². The Morgan fingerprint density at radius 1 is 1.03 bits per heavy atom. The quantitative estimate of drug-likeness (QED) is 0.295. The van der Waals surface area contributed by atoms with E-state index in [4.69, 9.17) is 11.0 Å². The van der Waals surface area contributed by atoms with Gasteiger partial charge in [0, 0.05) is 73.9 Å². The molecule has 0 spiro atoms. The number of fused-ring (bicyclic) bond motifs is 1. The maximum Gasteiger partial charge on any atom is 0.277 e. The van der Waals surface area contributed by atoms with Crippen LogP contribution < -0.4 is 19.5 Å². The van der Waals surface area contributed by atoms with Crippen molar-refractivity contribution in [3.63, 3.8) is 0 Å². The summed E-state index contributed by atoms with van der Waals surface area (Å²) in [6.07, 6.45) is 9.65. The van der Waals surface area contributed by atoms with Gasteiger partial charge in [-0.1, -0.05) is 4.36 Å². The molecule has 5 heterocycles. The molecule has 1 saturated heterocycles. The van der Waals surface area contributed by atoms with E-state index >= 15 is 0 Å². The number of carbonyl (C=O) groups is 1. The number of ketones is 1. The number of nitrogens with zero attached hydrogens (tertiary/aromatic N) is 9. The normalized spacial score (nSPS) is 25.8. The van der Waals surface area contributed by atoms with Crippen molar-refractivity contribution in [2.45, 2.75) is 5.92 Å². The second-order valence-electron chi connectivity index (χ2n) is 7.93. The minimum Gasteiger partial charge on any atom is -0.347 e. The Kier molecular flexibility index (Phi) is 3.66. The number of carbonyl (C=O) groups excluding carboxylic acids is 1. The van der Waals surface area contributed by atoms with E-state index in [1.54, 1.807) is 36.4 Å². The molecule has 1 fully saturated rings. The molecule has 0 aliphatic carbocycles. The van der Waals surface area contributed by atoms with Crippen LogP contribution in [-0.2, 0) is 7.05 Å². The summed E-state index contributed by atoms with van der Waals surface area (Å²) in [6, 6.07) is 4.69. The van der Waals surface area contributed by atoms with Crippen LogP contribution in [0.2, 0.25) is 0 Å². The third-order valence-electron chi connectivity index (χ3n) is 5.55. The highest BCUT2D eigenvalue weighted by Gasteiger charge is 2.27. The van der Waals surface area contributed by atoms with Crippen LogP contribution in [0.15, 0.2) is 55.4 Å². The van der Waals surface area contributed by atoms with E-state index in [1.807, 2.05) is 0 Å². The molecule has 0 N–H and O–H groups in total. The number of hydrogen-bond donors (Lipinski definition) is 0. The SMILES string of the molecule is [2H]C1([2H])N(c2ncc(C(=O)c3ccc(F)cc3)cn2)C([2H])([2H])C([2H])([2H])N(c2ncn[n+]3c2=CC(c2cnn(C)c2)C=3)C1([2H])[2H]. The number of benzene rings is 1. The first-order chi connectivity index (χ1) is 20.6. The zero-order valence-corrected chi connectivity index (χ0v) is 18.7. The molecule has 0 bridgehead atoms. The summed E-state index contributed by atoms with van der Waals surface area (Å²) in [5, 5.41) is 8.40. The lowest BCUT2D eigenvalue weighted by Crippen LogP contribution is -2.51. The van der Waals surface area contributed by atoms with Gasteiger partial charge in [-0.3, -0.25) is 9.48 Å². The van der Waals surface area contributed by atoms with E-state index in [0.717, 1.165) is 36.4 Å². The molecule has 1 unspecified atom stereocenters. The zero-order valence-electron chi connectivity index (χ0n) is 26.7. The van der Waals surface area contributed by atoms with E-state index in [-0.39, 0.29) is 27.2 Å². The minimum absolute atomic E-state index is 0.0883. The molecule has 10 nitrogen and oxygen atoms in total. The molecular formula is C25H23FN9O+. The van der Waals surface area contributed by atoms with Crippen molar-refractivity contribution < 1.29 is 24.5 Å². The molecule has 36 heavy (non-hydrogen) atoms. The van der Waals surface area contributed by atoms with E-state index in [1.165, 1.54) is 16.5 Å². The number of anilines is 2. The lowest BCUT2D eigenvalue weighted by atomic mass is 10.1. The van der Waals surface area contributed by atoms with Gasteiger partial charge < -0.3 is 9.80 Å². The third-order valence-corrected chi connectivity index (χ3v) is 5.55. The van der Waals surface area contributed by atoms with E-state index in [9.17, 15) is 9.18 Å². The Morgan fingerprint density at radius 2 is 1.75 bits per heavy atom. The Hall–Kier alpha value is -4.54. The first-order valence-electron chi connectivity index (χ1n) is 14.8. The molecule has 0 amide bonds. The van der Waals surface area contributed by atoms with Gasteiger partial charge in [0.1, 0.15) is 5.82 Å². The maximum absolute atomic E-state index is 13.3. The highest BCUT2D eigenvalue weighted by molar-refractivity contribution is 6.08. The van der Waals surface area contributed by atoms with E-state index in [2.05, 4.69) is 25.1 Å². The first kappa shape index (κ1) is 14.8. The number of halogens is 1. The Bertz CT molecular complexity index is 1870. The van der Waals surface area contributed by atoms with Gasteiger partial charge in [0.2, 0.25) is 11.8 Å². The smallest absolute Gasteiger partial charge is 0.277 e. The Labute approximate surface area is 217 Å². The van der Waals surface area contributed by atoms with Crippen LogP contribution in [0.4, 0.5) is 16.2 Å². The number of aryl methyl sites for hydroxylation is 1. The summed E-state index contributed by atoms with van der Waals surface area (Å²) < 4.78 is 87.0. The fraction of sp³-hybridized carbons (Fsp3) is 0.240. The predicted octanol–water partition coefficient (Wildman–Crippen LogP) is 0.572. The molecule has 1 aromatic carbocycles. The maximum atomic E-state index is 13.3. The van der Waals surface area contributed by atoms with Crippen molar-refractivity contribution >= 4 is 23.6 Å². The monoisotopic (exact) mass is 492 g/mol. The van der Waals surface area contributed by atoms with Crippen LogP contribution >= 0.6 is 0 Å². The molecule has 3 aromatic heterocycles. The molecule has 4 aromatic rings. The summed E-state index contributed by atoms with van der Waals surface area (Å²) in [7, 11) is 1.73. The van der Waals surface area contributed by atoms with Crippen LogP contribution in [-0.4, -0.2) is 61.6 Å². The van der Waals surface area contributed by atoms with Gasteiger partial charge in [0.15, 0.2) is 18.3 Å². The van der Waals surface area contributed by atoms with Gasteiger partial charge >= 0.3 is 0 Å². The molecule has 0 radical (unpaired) electrons. The van der Waals surface area contributed by atoms with Crippen LogP contribution in [0.25, 0.3) is 6.08 Å². The summed E-state index contributed by atoms with van der Waals surface area (Å²) >= 11 is 0. The summed E-state index contributed by atoms with van der Waals surface area (Å²) in [5.74, 6) is -2.63. The molecule has 6 rings (SSSR count). The zero-order chi connectivity index (χ0) is 31.8. The fourth-order valence-electron chi connectivity index (χ4n) is 3.75. The largest absolute Gasteiger partial charge is 0.347 e. The third kappa shape index (κ3) is 4.08. The number of piperazine rings is 1. The first-order valence-corrected chi connectivity index (χ1v) is 10.8. The predicted molar refractivity (Wildman–Crippen MR) is 128 cm³/mol. The van der Waals surface area contributed by atoms with E-state index < -0.39 is 49.5 Å². The minimum atomic E-state index is -3.31. The lowest BCUT2D eigenvalue weighted by Gasteiger charge is -2.34. The van der Waals surface area contributed by atoms with Crippen molar-refractivity contribution in [1.29, 1.82) is 0 Å². The van der Waals surface area contributed by atoms with Gasteiger partial charge in [-0.05, 0) is 24.3 Å². The summed E-state index contributed by atoms with van der Waals surface area (Å²) in [4.78, 5) is 25.3. The fourth-order valence-corrected chi connectivity index (χ4v) is 3.75. The van der Waals surface area contributed by atoms with Gasteiger partial charge in [-0.2, -0.15) is 5.10 Å². The second kappa shape index (κ2) is 8.91. The Morgan fingerprint density at radius 3 is 2.44 bits per heavy atom.